The van der Waals surface area contributed by atoms with Gasteiger partial charge in [-0.05, 0) is 48.5 Å². The Morgan fingerprint density at radius 2 is 0.968 bits per heavy atom. The molecule has 1 amide bonds. The number of benzene rings is 4. The molecule has 0 atom stereocenters. The average Bonchev–Trinajstić information content (AvgIpc) is 2.86. The van der Waals surface area contributed by atoms with E-state index in [0.29, 0.717) is 5.56 Å². The van der Waals surface area contributed by atoms with E-state index >= 15 is 0 Å². The van der Waals surface area contributed by atoms with Crippen molar-refractivity contribution in [1.82, 2.24) is 4.90 Å². The molecule has 0 saturated carbocycles. The van der Waals surface area contributed by atoms with Crippen molar-refractivity contribution < 1.29 is 4.79 Å². The number of rotatable bonds is 6. The quantitative estimate of drug-likeness (QED) is 0.390. The van der Waals surface area contributed by atoms with E-state index in [2.05, 4.69) is 78.6 Å². The second kappa shape index (κ2) is 9.55. The van der Waals surface area contributed by atoms with E-state index in [-0.39, 0.29) is 5.91 Å². The molecule has 0 heterocycles. The van der Waals surface area contributed by atoms with Crippen molar-refractivity contribution in [2.24, 2.45) is 0 Å². The maximum absolute atomic E-state index is 13.0. The summed E-state index contributed by atoms with van der Waals surface area (Å²) in [7, 11) is -0.292. The molecule has 0 radical (unpaired) electrons. The van der Waals surface area contributed by atoms with Gasteiger partial charge >= 0.3 is 0 Å². The van der Waals surface area contributed by atoms with Gasteiger partial charge in [0, 0.05) is 18.8 Å². The Balaban J connectivity index is 1.86. The summed E-state index contributed by atoms with van der Waals surface area (Å²) in [5.74, 6) is 2.22. The number of hydrogen-bond acceptors (Lipinski definition) is 1. The van der Waals surface area contributed by atoms with Crippen molar-refractivity contribution in [3.05, 3.63) is 139 Å². The van der Waals surface area contributed by atoms with Crippen LogP contribution >= 0.6 is 7.26 Å². The maximum Gasteiger partial charge on any atom is 0.257 e. The van der Waals surface area contributed by atoms with E-state index < -0.39 is 7.26 Å². The van der Waals surface area contributed by atoms with Gasteiger partial charge in [0.15, 0.2) is 0 Å². The van der Waals surface area contributed by atoms with Crippen LogP contribution in [0.4, 0.5) is 0 Å². The summed E-state index contributed by atoms with van der Waals surface area (Å²) in [6.45, 7) is 0. The fourth-order valence-electron chi connectivity index (χ4n) is 3.75. The van der Waals surface area contributed by atoms with Gasteiger partial charge in [-0.25, -0.2) is 0 Å². The second-order valence-electron chi connectivity index (χ2n) is 7.31. The molecule has 0 saturated heterocycles. The van der Waals surface area contributed by atoms with Crippen LogP contribution in [0.1, 0.15) is 10.4 Å². The minimum absolute atomic E-state index is 0.0239. The number of amides is 1. The van der Waals surface area contributed by atoms with Gasteiger partial charge in [-0.2, -0.15) is 0 Å². The standard InChI is InChI=1S/C28H25NOP/c1-29(28(30)24-14-6-2-7-15-24)22-23-31(25-16-8-3-9-17-25,26-18-10-4-11-19-26)27-20-12-5-13-21-27/h2-23H,1H3/q+1/b23-22+. The summed E-state index contributed by atoms with van der Waals surface area (Å²) < 4.78 is 0. The monoisotopic (exact) mass is 422 g/mol. The molecule has 4 rings (SSSR count). The number of carbonyl (C=O) groups excluding carboxylic acids is 1. The van der Waals surface area contributed by atoms with Crippen molar-refractivity contribution >= 4 is 29.1 Å². The molecule has 152 valence electrons. The third kappa shape index (κ3) is 4.35. The first-order valence-corrected chi connectivity index (χ1v) is 12.1. The van der Waals surface area contributed by atoms with Gasteiger partial charge in [0.2, 0.25) is 0 Å². The highest BCUT2D eigenvalue weighted by Gasteiger charge is 2.43. The van der Waals surface area contributed by atoms with E-state index in [4.69, 9.17) is 0 Å². The summed E-state index contributed by atoms with van der Waals surface area (Å²) in [6.07, 6.45) is 1.94. The van der Waals surface area contributed by atoms with Gasteiger partial charge in [0.1, 0.15) is 23.2 Å². The molecule has 0 fully saturated rings. The molecule has 0 spiro atoms. The molecule has 0 aliphatic rings. The summed E-state index contributed by atoms with van der Waals surface area (Å²) in [5.41, 5.74) is 0.678. The lowest BCUT2D eigenvalue weighted by Gasteiger charge is -2.24. The molecular weight excluding hydrogens is 397 g/mol. The molecule has 0 bridgehead atoms. The molecule has 0 aromatic heterocycles. The van der Waals surface area contributed by atoms with Crippen molar-refractivity contribution in [2.45, 2.75) is 0 Å². The fraction of sp³-hybridized carbons (Fsp3) is 0.0357. The number of hydrogen-bond donors (Lipinski definition) is 0. The van der Waals surface area contributed by atoms with Crippen molar-refractivity contribution in [3.63, 3.8) is 0 Å². The number of carbonyl (C=O) groups is 1. The van der Waals surface area contributed by atoms with E-state index in [1.54, 1.807) is 4.90 Å². The summed E-state index contributed by atoms with van der Waals surface area (Å²) in [5, 5.41) is 3.76. The zero-order chi connectivity index (χ0) is 21.5. The molecule has 0 aliphatic carbocycles. The third-order valence-electron chi connectivity index (χ3n) is 5.35. The minimum Gasteiger partial charge on any atom is -0.315 e. The van der Waals surface area contributed by atoms with Crippen LogP contribution in [0.3, 0.4) is 0 Å². The highest BCUT2D eigenvalue weighted by atomic mass is 31.2. The van der Waals surface area contributed by atoms with Crippen LogP contribution in [0.5, 0.6) is 0 Å². The van der Waals surface area contributed by atoms with Gasteiger partial charge in [-0.15, -0.1) is 0 Å². The molecule has 31 heavy (non-hydrogen) atoms. The fourth-order valence-corrected chi connectivity index (χ4v) is 7.48. The minimum atomic E-state index is -2.11. The van der Waals surface area contributed by atoms with Gasteiger partial charge in [-0.1, -0.05) is 72.8 Å². The normalized spacial score (nSPS) is 11.4. The third-order valence-corrected chi connectivity index (χ3v) is 9.26. The SMILES string of the molecule is CN(/C=C/[P+](c1ccccc1)(c1ccccc1)c1ccccc1)C(=O)c1ccccc1. The van der Waals surface area contributed by atoms with Crippen molar-refractivity contribution in [1.29, 1.82) is 0 Å². The van der Waals surface area contributed by atoms with E-state index in [1.807, 2.05) is 61.8 Å². The Morgan fingerprint density at radius 3 is 1.35 bits per heavy atom. The molecule has 0 unspecified atom stereocenters. The van der Waals surface area contributed by atoms with Gasteiger partial charge in [0.25, 0.3) is 5.91 Å². The largest absolute Gasteiger partial charge is 0.315 e. The zero-order valence-corrected chi connectivity index (χ0v) is 18.4. The van der Waals surface area contributed by atoms with Crippen LogP contribution < -0.4 is 15.9 Å². The average molecular weight is 422 g/mol. The maximum atomic E-state index is 13.0. The Morgan fingerprint density at radius 1 is 0.613 bits per heavy atom. The number of nitrogens with zero attached hydrogens (tertiary/aromatic N) is 1. The summed E-state index contributed by atoms with van der Waals surface area (Å²) >= 11 is 0. The van der Waals surface area contributed by atoms with Gasteiger partial charge in [0.05, 0.1) is 5.82 Å². The second-order valence-corrected chi connectivity index (χ2v) is 10.6. The van der Waals surface area contributed by atoms with Crippen LogP contribution in [0.25, 0.3) is 0 Å². The predicted molar refractivity (Wildman–Crippen MR) is 133 cm³/mol. The van der Waals surface area contributed by atoms with E-state index in [9.17, 15) is 4.79 Å². The Labute approximate surface area is 184 Å². The Kier molecular flexibility index (Phi) is 6.40. The van der Waals surface area contributed by atoms with Crippen LogP contribution in [-0.4, -0.2) is 17.9 Å². The molecule has 4 aromatic carbocycles. The Hall–Kier alpha value is -3.48. The highest BCUT2D eigenvalue weighted by molar-refractivity contribution is 7.98. The van der Waals surface area contributed by atoms with Crippen LogP contribution in [0, 0.1) is 0 Å². The first kappa shape index (κ1) is 20.8. The first-order chi connectivity index (χ1) is 15.2. The summed E-state index contributed by atoms with van der Waals surface area (Å²) in [6, 6.07) is 41.2. The first-order valence-electron chi connectivity index (χ1n) is 10.3. The lowest BCUT2D eigenvalue weighted by atomic mass is 10.2. The summed E-state index contributed by atoms with van der Waals surface area (Å²) in [4.78, 5) is 14.6. The zero-order valence-electron chi connectivity index (χ0n) is 17.5. The molecule has 3 heteroatoms. The molecule has 2 nitrogen and oxygen atoms in total. The van der Waals surface area contributed by atoms with Crippen LogP contribution in [-0.2, 0) is 0 Å². The van der Waals surface area contributed by atoms with Gasteiger partial charge < -0.3 is 4.90 Å². The van der Waals surface area contributed by atoms with E-state index in [0.717, 1.165) is 0 Å². The smallest absolute Gasteiger partial charge is 0.257 e. The van der Waals surface area contributed by atoms with Crippen LogP contribution in [0.15, 0.2) is 133 Å². The lowest BCUT2D eigenvalue weighted by Crippen LogP contribution is -2.30. The highest BCUT2D eigenvalue weighted by Crippen LogP contribution is 2.56. The Bertz CT molecular complexity index is 1050. The van der Waals surface area contributed by atoms with Crippen molar-refractivity contribution in [2.75, 3.05) is 7.05 Å². The predicted octanol–water partition coefficient (Wildman–Crippen LogP) is 5.22. The van der Waals surface area contributed by atoms with E-state index in [1.165, 1.54) is 15.9 Å². The van der Waals surface area contributed by atoms with Gasteiger partial charge in [-0.3, -0.25) is 4.79 Å². The van der Waals surface area contributed by atoms with Crippen LogP contribution in [0.2, 0.25) is 0 Å². The molecule has 0 aliphatic heterocycles. The molecular formula is C28H25NOP+. The lowest BCUT2D eigenvalue weighted by molar-refractivity contribution is 0.0850. The van der Waals surface area contributed by atoms with Crippen molar-refractivity contribution in [3.8, 4) is 0 Å². The topological polar surface area (TPSA) is 20.3 Å². The molecule has 4 aromatic rings. The molecule has 0 N–H and O–H groups in total.